The van der Waals surface area contributed by atoms with Gasteiger partial charge in [0.1, 0.15) is 17.1 Å². The van der Waals surface area contributed by atoms with E-state index in [9.17, 15) is 5.26 Å². The second-order valence-electron chi connectivity index (χ2n) is 5.65. The third kappa shape index (κ3) is 1.96. The van der Waals surface area contributed by atoms with E-state index in [4.69, 9.17) is 9.15 Å². The summed E-state index contributed by atoms with van der Waals surface area (Å²) < 4.78 is 11.5. The van der Waals surface area contributed by atoms with Crippen LogP contribution in [-0.2, 0) is 0 Å². The van der Waals surface area contributed by atoms with Crippen molar-refractivity contribution in [2.24, 2.45) is 5.92 Å². The zero-order valence-corrected chi connectivity index (χ0v) is 12.2. The molecular weight excluding hydrogens is 274 g/mol. The zero-order chi connectivity index (χ0) is 15.1. The Labute approximate surface area is 128 Å². The van der Waals surface area contributed by atoms with Crippen LogP contribution in [0, 0.1) is 17.2 Å². The number of fused-ring (bicyclic) bond motifs is 1. The molecule has 3 heteroatoms. The van der Waals surface area contributed by atoms with Gasteiger partial charge in [-0.15, -0.1) is 0 Å². The highest BCUT2D eigenvalue weighted by atomic mass is 16.5. The molecule has 0 N–H and O–H groups in total. The highest BCUT2D eigenvalue weighted by Gasteiger charge is 2.42. The maximum atomic E-state index is 9.20. The Morgan fingerprint density at radius 2 is 2.00 bits per heavy atom. The van der Waals surface area contributed by atoms with E-state index in [0.29, 0.717) is 0 Å². The topological polar surface area (TPSA) is 46.2 Å². The van der Waals surface area contributed by atoms with Crippen LogP contribution in [0.1, 0.15) is 17.9 Å². The lowest BCUT2D eigenvalue weighted by molar-refractivity contribution is 0.415. The lowest BCUT2D eigenvalue weighted by atomic mass is 10.0. The fraction of sp³-hybridized carbons (Fsp3) is 0.211. The number of hydrogen-bond acceptors (Lipinski definition) is 3. The fourth-order valence-electron chi connectivity index (χ4n) is 3.05. The number of nitrogens with zero attached hydrogens (tertiary/aromatic N) is 1. The molecule has 0 spiro atoms. The Morgan fingerprint density at radius 1 is 1.18 bits per heavy atom. The predicted octanol–water partition coefficient (Wildman–Crippen LogP) is 4.74. The van der Waals surface area contributed by atoms with Crippen molar-refractivity contribution in [3.8, 4) is 23.1 Å². The summed E-state index contributed by atoms with van der Waals surface area (Å²) in [5.74, 6) is 2.04. The molecule has 1 aliphatic rings. The molecule has 0 aliphatic heterocycles. The maximum absolute atomic E-state index is 9.20. The SMILES string of the molecule is COc1ccc2oc(-c3ccccc3)c(C3CC3C#N)c2c1. The Balaban J connectivity index is 1.96. The van der Waals surface area contributed by atoms with Gasteiger partial charge in [-0.3, -0.25) is 0 Å². The molecule has 0 bridgehead atoms. The summed E-state index contributed by atoms with van der Waals surface area (Å²) in [7, 11) is 1.66. The number of furan rings is 1. The molecule has 22 heavy (non-hydrogen) atoms. The molecule has 2 aromatic carbocycles. The van der Waals surface area contributed by atoms with Gasteiger partial charge in [0.05, 0.1) is 19.1 Å². The van der Waals surface area contributed by atoms with Crippen LogP contribution in [0.5, 0.6) is 5.75 Å². The lowest BCUT2D eigenvalue weighted by Crippen LogP contribution is -1.86. The highest BCUT2D eigenvalue weighted by Crippen LogP contribution is 2.53. The van der Waals surface area contributed by atoms with Crippen molar-refractivity contribution in [1.82, 2.24) is 0 Å². The molecule has 4 rings (SSSR count). The van der Waals surface area contributed by atoms with E-state index in [0.717, 1.165) is 40.0 Å². The Hall–Kier alpha value is -2.73. The molecule has 0 saturated heterocycles. The van der Waals surface area contributed by atoms with E-state index in [1.165, 1.54) is 0 Å². The van der Waals surface area contributed by atoms with Crippen LogP contribution in [0.15, 0.2) is 52.9 Å². The summed E-state index contributed by atoms with van der Waals surface area (Å²) in [6.07, 6.45) is 0.905. The average Bonchev–Trinajstić information content (AvgIpc) is 3.26. The van der Waals surface area contributed by atoms with Gasteiger partial charge in [0.2, 0.25) is 0 Å². The molecule has 3 nitrogen and oxygen atoms in total. The van der Waals surface area contributed by atoms with E-state index in [1.807, 2.05) is 48.5 Å². The number of benzene rings is 2. The molecule has 1 saturated carbocycles. The summed E-state index contributed by atoms with van der Waals surface area (Å²) >= 11 is 0. The van der Waals surface area contributed by atoms with E-state index in [2.05, 4.69) is 6.07 Å². The molecule has 2 unspecified atom stereocenters. The van der Waals surface area contributed by atoms with Gasteiger partial charge in [-0.2, -0.15) is 5.26 Å². The molecule has 0 radical (unpaired) electrons. The molecule has 1 aromatic heterocycles. The highest BCUT2D eigenvalue weighted by molar-refractivity contribution is 5.90. The third-order valence-electron chi connectivity index (χ3n) is 4.30. The van der Waals surface area contributed by atoms with Crippen molar-refractivity contribution < 1.29 is 9.15 Å². The standard InChI is InChI=1S/C19H15NO2/c1-21-14-7-8-17-16(10-14)18(15-9-13(15)11-20)19(22-17)12-5-3-2-4-6-12/h2-8,10,13,15H,9H2,1H3. The number of ether oxygens (including phenoxy) is 1. The van der Waals surface area contributed by atoms with Crippen LogP contribution in [0.25, 0.3) is 22.3 Å². The molecule has 1 fully saturated rings. The van der Waals surface area contributed by atoms with Crippen molar-refractivity contribution >= 4 is 11.0 Å². The Bertz CT molecular complexity index is 874. The summed E-state index contributed by atoms with van der Waals surface area (Å²) in [6, 6.07) is 18.3. The Morgan fingerprint density at radius 3 is 2.68 bits per heavy atom. The first-order valence-electron chi connectivity index (χ1n) is 7.37. The van der Waals surface area contributed by atoms with Gasteiger partial charge in [-0.05, 0) is 24.6 Å². The van der Waals surface area contributed by atoms with E-state index < -0.39 is 0 Å². The summed E-state index contributed by atoms with van der Waals surface area (Å²) in [5.41, 5.74) is 3.04. The van der Waals surface area contributed by atoms with Crippen molar-refractivity contribution in [3.05, 3.63) is 54.1 Å². The van der Waals surface area contributed by atoms with Crippen LogP contribution < -0.4 is 4.74 Å². The van der Waals surface area contributed by atoms with Gasteiger partial charge in [-0.1, -0.05) is 30.3 Å². The van der Waals surface area contributed by atoms with Crippen molar-refractivity contribution in [1.29, 1.82) is 5.26 Å². The van der Waals surface area contributed by atoms with E-state index in [1.54, 1.807) is 7.11 Å². The molecule has 108 valence electrons. The lowest BCUT2D eigenvalue weighted by Gasteiger charge is -2.02. The minimum Gasteiger partial charge on any atom is -0.497 e. The minimum atomic E-state index is 0.0921. The third-order valence-corrected chi connectivity index (χ3v) is 4.30. The minimum absolute atomic E-state index is 0.0921. The normalized spacial score (nSPS) is 19.8. The van der Waals surface area contributed by atoms with Crippen molar-refractivity contribution in [2.45, 2.75) is 12.3 Å². The fourth-order valence-corrected chi connectivity index (χ4v) is 3.05. The molecule has 3 aromatic rings. The first-order valence-corrected chi connectivity index (χ1v) is 7.37. The molecule has 0 amide bonds. The molecule has 1 heterocycles. The maximum Gasteiger partial charge on any atom is 0.138 e. The number of nitriles is 1. The van der Waals surface area contributed by atoms with E-state index in [-0.39, 0.29) is 11.8 Å². The zero-order valence-electron chi connectivity index (χ0n) is 12.2. The van der Waals surface area contributed by atoms with Crippen molar-refractivity contribution in [3.63, 3.8) is 0 Å². The summed E-state index contributed by atoms with van der Waals surface area (Å²) in [5, 5.41) is 10.3. The second kappa shape index (κ2) is 4.92. The van der Waals surface area contributed by atoms with Gasteiger partial charge < -0.3 is 9.15 Å². The number of methoxy groups -OCH3 is 1. The number of rotatable bonds is 3. The van der Waals surface area contributed by atoms with Crippen molar-refractivity contribution in [2.75, 3.05) is 7.11 Å². The first kappa shape index (κ1) is 13.0. The molecular formula is C19H15NO2. The van der Waals surface area contributed by atoms with Crippen LogP contribution in [0.4, 0.5) is 0 Å². The van der Waals surface area contributed by atoms with Crippen LogP contribution in [0.2, 0.25) is 0 Å². The summed E-state index contributed by atoms with van der Waals surface area (Å²) in [4.78, 5) is 0. The second-order valence-corrected chi connectivity index (χ2v) is 5.65. The molecule has 1 aliphatic carbocycles. The van der Waals surface area contributed by atoms with Crippen LogP contribution in [-0.4, -0.2) is 7.11 Å². The molecule has 2 atom stereocenters. The van der Waals surface area contributed by atoms with Gasteiger partial charge in [0, 0.05) is 22.4 Å². The van der Waals surface area contributed by atoms with E-state index >= 15 is 0 Å². The van der Waals surface area contributed by atoms with Crippen LogP contribution in [0.3, 0.4) is 0 Å². The smallest absolute Gasteiger partial charge is 0.138 e. The quantitative estimate of drug-likeness (QED) is 0.700. The first-order chi connectivity index (χ1) is 10.8. The average molecular weight is 289 g/mol. The predicted molar refractivity (Wildman–Crippen MR) is 84.7 cm³/mol. The monoisotopic (exact) mass is 289 g/mol. The number of hydrogen-bond donors (Lipinski definition) is 0. The van der Waals surface area contributed by atoms with Gasteiger partial charge in [0.25, 0.3) is 0 Å². The van der Waals surface area contributed by atoms with Gasteiger partial charge in [0.15, 0.2) is 0 Å². The van der Waals surface area contributed by atoms with Gasteiger partial charge in [-0.25, -0.2) is 0 Å². The Kier molecular flexibility index (Phi) is 2.90. The largest absolute Gasteiger partial charge is 0.497 e. The van der Waals surface area contributed by atoms with Crippen LogP contribution >= 0.6 is 0 Å². The summed E-state index contributed by atoms with van der Waals surface area (Å²) in [6.45, 7) is 0. The van der Waals surface area contributed by atoms with Gasteiger partial charge >= 0.3 is 0 Å².